The summed E-state index contributed by atoms with van der Waals surface area (Å²) in [5, 5.41) is 0. The lowest BCUT2D eigenvalue weighted by atomic mass is 10.1. The third-order valence-corrected chi connectivity index (χ3v) is 4.30. The fraction of sp³-hybridized carbons (Fsp3) is 0.636. The van der Waals surface area contributed by atoms with Crippen LogP contribution in [0.4, 0.5) is 0 Å². The Balaban J connectivity index is 2.52. The Kier molecular flexibility index (Phi) is 4.61. The summed E-state index contributed by atoms with van der Waals surface area (Å²) in [4.78, 5) is 3.83. The van der Waals surface area contributed by atoms with E-state index in [2.05, 4.69) is 60.8 Å². The van der Waals surface area contributed by atoms with Crippen LogP contribution in [0.5, 0.6) is 0 Å². The van der Waals surface area contributed by atoms with Gasteiger partial charge in [0, 0.05) is 17.5 Å². The van der Waals surface area contributed by atoms with Gasteiger partial charge in [0.1, 0.15) is 0 Å². The Labute approximate surface area is 99.3 Å². The molecule has 0 aliphatic carbocycles. The van der Waals surface area contributed by atoms with Gasteiger partial charge in [-0.25, -0.2) is 0 Å². The monoisotopic (exact) mass is 275 g/mol. The molecule has 3 heteroatoms. The van der Waals surface area contributed by atoms with Crippen LogP contribution in [-0.2, 0) is 6.54 Å². The quantitative estimate of drug-likeness (QED) is 0.803. The highest BCUT2D eigenvalue weighted by Gasteiger charge is 2.13. The minimum absolute atomic E-state index is 0.635. The molecule has 1 nitrogen and oxygen atoms in total. The zero-order valence-electron chi connectivity index (χ0n) is 9.25. The predicted molar refractivity (Wildman–Crippen MR) is 67.8 cm³/mol. The molecule has 80 valence electrons. The highest BCUT2D eigenvalue weighted by molar-refractivity contribution is 9.11. The lowest BCUT2D eigenvalue weighted by Crippen LogP contribution is -2.32. The van der Waals surface area contributed by atoms with Gasteiger partial charge in [-0.15, -0.1) is 11.3 Å². The Bertz CT molecular complexity index is 283. The van der Waals surface area contributed by atoms with Crippen molar-refractivity contribution in [1.82, 2.24) is 4.90 Å². The van der Waals surface area contributed by atoms with Crippen LogP contribution in [0.25, 0.3) is 0 Å². The molecule has 1 aromatic heterocycles. The Morgan fingerprint density at radius 2 is 2.00 bits per heavy atom. The SMILES string of the molecule is CC(C)C(C)N(C)Cc1ccc(Br)s1. The van der Waals surface area contributed by atoms with E-state index in [1.807, 2.05) is 11.3 Å². The maximum atomic E-state index is 3.49. The summed E-state index contributed by atoms with van der Waals surface area (Å²) >= 11 is 5.31. The first kappa shape index (κ1) is 12.2. The van der Waals surface area contributed by atoms with Gasteiger partial charge in [0.2, 0.25) is 0 Å². The summed E-state index contributed by atoms with van der Waals surface area (Å²) in [6.07, 6.45) is 0. The first-order valence-corrected chi connectivity index (χ1v) is 6.56. The molecule has 1 rings (SSSR count). The summed E-state index contributed by atoms with van der Waals surface area (Å²) in [6, 6.07) is 4.95. The fourth-order valence-corrected chi connectivity index (χ4v) is 2.88. The molecular formula is C11H18BrNS. The molecule has 0 saturated carbocycles. The molecule has 1 unspecified atom stereocenters. The molecule has 0 saturated heterocycles. The predicted octanol–water partition coefficient (Wildman–Crippen LogP) is 3.99. The maximum absolute atomic E-state index is 3.49. The van der Waals surface area contributed by atoms with E-state index in [1.54, 1.807) is 0 Å². The third kappa shape index (κ3) is 3.37. The topological polar surface area (TPSA) is 3.24 Å². The van der Waals surface area contributed by atoms with Crippen LogP contribution in [-0.4, -0.2) is 18.0 Å². The molecule has 0 bridgehead atoms. The van der Waals surface area contributed by atoms with Gasteiger partial charge in [0.05, 0.1) is 3.79 Å². The lowest BCUT2D eigenvalue weighted by Gasteiger charge is -2.27. The molecule has 0 amide bonds. The maximum Gasteiger partial charge on any atom is 0.0701 e. The van der Waals surface area contributed by atoms with Crippen LogP contribution in [0.2, 0.25) is 0 Å². The van der Waals surface area contributed by atoms with E-state index in [0.717, 1.165) is 6.54 Å². The van der Waals surface area contributed by atoms with Gasteiger partial charge in [-0.2, -0.15) is 0 Å². The lowest BCUT2D eigenvalue weighted by molar-refractivity contribution is 0.202. The first-order valence-electron chi connectivity index (χ1n) is 4.95. The van der Waals surface area contributed by atoms with Crippen molar-refractivity contribution >= 4 is 27.3 Å². The summed E-state index contributed by atoms with van der Waals surface area (Å²) in [7, 11) is 2.19. The highest BCUT2D eigenvalue weighted by atomic mass is 79.9. The van der Waals surface area contributed by atoms with Gasteiger partial charge in [0.25, 0.3) is 0 Å². The molecule has 0 aliphatic rings. The molecular weight excluding hydrogens is 258 g/mol. The number of hydrogen-bond acceptors (Lipinski definition) is 2. The number of nitrogens with zero attached hydrogens (tertiary/aromatic N) is 1. The van der Waals surface area contributed by atoms with Gasteiger partial charge >= 0.3 is 0 Å². The van der Waals surface area contributed by atoms with Crippen molar-refractivity contribution in [3.05, 3.63) is 20.8 Å². The third-order valence-electron chi connectivity index (χ3n) is 2.69. The van der Waals surface area contributed by atoms with E-state index >= 15 is 0 Å². The molecule has 1 atom stereocenters. The molecule has 0 N–H and O–H groups in total. The molecule has 0 spiro atoms. The van der Waals surface area contributed by atoms with E-state index < -0.39 is 0 Å². The zero-order chi connectivity index (χ0) is 10.7. The van der Waals surface area contributed by atoms with E-state index in [4.69, 9.17) is 0 Å². The summed E-state index contributed by atoms with van der Waals surface area (Å²) in [6.45, 7) is 7.87. The van der Waals surface area contributed by atoms with E-state index in [0.29, 0.717) is 12.0 Å². The number of thiophene rings is 1. The van der Waals surface area contributed by atoms with Crippen molar-refractivity contribution in [1.29, 1.82) is 0 Å². The number of hydrogen-bond donors (Lipinski definition) is 0. The van der Waals surface area contributed by atoms with Crippen molar-refractivity contribution in [2.45, 2.75) is 33.4 Å². The van der Waals surface area contributed by atoms with Gasteiger partial charge in [0.15, 0.2) is 0 Å². The van der Waals surface area contributed by atoms with Crippen molar-refractivity contribution < 1.29 is 0 Å². The minimum Gasteiger partial charge on any atom is -0.298 e. The van der Waals surface area contributed by atoms with Crippen LogP contribution < -0.4 is 0 Å². The second-order valence-corrected chi connectivity index (χ2v) is 6.65. The Morgan fingerprint density at radius 1 is 1.36 bits per heavy atom. The van der Waals surface area contributed by atoms with Crippen LogP contribution in [0, 0.1) is 5.92 Å². The van der Waals surface area contributed by atoms with Crippen molar-refractivity contribution in [2.75, 3.05) is 7.05 Å². The second kappa shape index (κ2) is 5.29. The van der Waals surface area contributed by atoms with Crippen LogP contribution >= 0.6 is 27.3 Å². The normalized spacial score (nSPS) is 13.9. The van der Waals surface area contributed by atoms with Crippen LogP contribution in [0.15, 0.2) is 15.9 Å². The first-order chi connectivity index (χ1) is 6.50. The molecule has 1 aromatic rings. The summed E-state index contributed by atoms with van der Waals surface area (Å²) in [5.41, 5.74) is 0. The minimum atomic E-state index is 0.635. The Morgan fingerprint density at radius 3 is 2.43 bits per heavy atom. The fourth-order valence-electron chi connectivity index (χ4n) is 1.34. The van der Waals surface area contributed by atoms with Gasteiger partial charge in [-0.1, -0.05) is 13.8 Å². The summed E-state index contributed by atoms with van der Waals surface area (Å²) < 4.78 is 1.22. The van der Waals surface area contributed by atoms with E-state index in [-0.39, 0.29) is 0 Å². The molecule has 14 heavy (non-hydrogen) atoms. The molecule has 0 aliphatic heterocycles. The van der Waals surface area contributed by atoms with Crippen LogP contribution in [0.1, 0.15) is 25.6 Å². The molecule has 0 aromatic carbocycles. The zero-order valence-corrected chi connectivity index (χ0v) is 11.7. The van der Waals surface area contributed by atoms with E-state index in [9.17, 15) is 0 Å². The van der Waals surface area contributed by atoms with Crippen LogP contribution in [0.3, 0.4) is 0 Å². The van der Waals surface area contributed by atoms with E-state index in [1.165, 1.54) is 8.66 Å². The van der Waals surface area contributed by atoms with Crippen molar-refractivity contribution in [2.24, 2.45) is 5.92 Å². The molecule has 0 fully saturated rings. The van der Waals surface area contributed by atoms with Gasteiger partial charge in [-0.05, 0) is 48.0 Å². The number of rotatable bonds is 4. The average Bonchev–Trinajstić information content (AvgIpc) is 2.49. The number of halogens is 1. The highest BCUT2D eigenvalue weighted by Crippen LogP contribution is 2.24. The largest absolute Gasteiger partial charge is 0.298 e. The Hall–Kier alpha value is 0.140. The second-order valence-electron chi connectivity index (χ2n) is 4.11. The smallest absolute Gasteiger partial charge is 0.0701 e. The van der Waals surface area contributed by atoms with Crippen molar-refractivity contribution in [3.63, 3.8) is 0 Å². The van der Waals surface area contributed by atoms with Gasteiger partial charge in [-0.3, -0.25) is 4.90 Å². The van der Waals surface area contributed by atoms with Crippen molar-refractivity contribution in [3.8, 4) is 0 Å². The standard InChI is InChI=1S/C11H18BrNS/c1-8(2)9(3)13(4)7-10-5-6-11(12)14-10/h5-6,8-9H,7H2,1-4H3. The van der Waals surface area contributed by atoms with Gasteiger partial charge < -0.3 is 0 Å². The molecule has 1 heterocycles. The average molecular weight is 276 g/mol. The molecule has 0 radical (unpaired) electrons. The summed E-state index contributed by atoms with van der Waals surface area (Å²) in [5.74, 6) is 0.711.